The van der Waals surface area contributed by atoms with Crippen LogP contribution < -0.4 is 5.73 Å². The lowest BCUT2D eigenvalue weighted by Crippen LogP contribution is -2.45. The first-order valence-electron chi connectivity index (χ1n) is 7.08. The molecule has 0 bridgehead atoms. The Labute approximate surface area is 121 Å². The number of carbonyl (C=O) groups excluding carboxylic acids is 2. The zero-order valence-electron chi connectivity index (χ0n) is 13.0. The van der Waals surface area contributed by atoms with Crippen molar-refractivity contribution in [1.82, 2.24) is 0 Å². The zero-order valence-corrected chi connectivity index (χ0v) is 13.0. The van der Waals surface area contributed by atoms with Crippen LogP contribution in [0.4, 0.5) is 4.79 Å². The lowest BCUT2D eigenvalue weighted by Gasteiger charge is -2.34. The van der Waals surface area contributed by atoms with E-state index in [1.807, 2.05) is 0 Å². The lowest BCUT2D eigenvalue weighted by atomic mass is 9.92. The van der Waals surface area contributed by atoms with E-state index in [0.29, 0.717) is 12.0 Å². The van der Waals surface area contributed by atoms with Crippen LogP contribution in [0.1, 0.15) is 59.8 Å². The Morgan fingerprint density at radius 3 is 2.35 bits per heavy atom. The SMILES string of the molecule is C=C(C)C(=O)OC(C)C(C)(CCCCCC)OC(N)=O. The molecule has 0 aliphatic carbocycles. The maximum absolute atomic E-state index is 11.6. The predicted octanol–water partition coefficient (Wildman–Crippen LogP) is 3.32. The third-order valence-corrected chi connectivity index (χ3v) is 3.35. The fourth-order valence-corrected chi connectivity index (χ4v) is 1.86. The predicted molar refractivity (Wildman–Crippen MR) is 78.2 cm³/mol. The summed E-state index contributed by atoms with van der Waals surface area (Å²) in [5.41, 5.74) is 4.52. The van der Waals surface area contributed by atoms with Crippen molar-refractivity contribution in [3.05, 3.63) is 12.2 Å². The van der Waals surface area contributed by atoms with E-state index >= 15 is 0 Å². The summed E-state index contributed by atoms with van der Waals surface area (Å²) in [5, 5.41) is 0. The molecule has 0 heterocycles. The second-order valence-corrected chi connectivity index (χ2v) is 5.37. The molecule has 0 rings (SSSR count). The largest absolute Gasteiger partial charge is 0.455 e. The molecule has 0 aromatic carbocycles. The first-order valence-corrected chi connectivity index (χ1v) is 7.08. The number of primary amides is 1. The molecule has 0 saturated carbocycles. The van der Waals surface area contributed by atoms with Crippen molar-refractivity contribution in [1.29, 1.82) is 0 Å². The number of rotatable bonds is 9. The Balaban J connectivity index is 4.69. The molecule has 0 radical (unpaired) electrons. The minimum absolute atomic E-state index is 0.309. The number of hydrogen-bond donors (Lipinski definition) is 1. The third-order valence-electron chi connectivity index (χ3n) is 3.35. The van der Waals surface area contributed by atoms with Gasteiger partial charge in [0, 0.05) is 5.57 Å². The van der Waals surface area contributed by atoms with Gasteiger partial charge in [0.1, 0.15) is 11.7 Å². The van der Waals surface area contributed by atoms with E-state index in [2.05, 4.69) is 13.5 Å². The van der Waals surface area contributed by atoms with Gasteiger partial charge >= 0.3 is 12.1 Å². The van der Waals surface area contributed by atoms with E-state index in [1.165, 1.54) is 0 Å². The van der Waals surface area contributed by atoms with E-state index in [1.54, 1.807) is 20.8 Å². The maximum Gasteiger partial charge on any atom is 0.405 e. The van der Waals surface area contributed by atoms with Gasteiger partial charge in [-0.3, -0.25) is 0 Å². The van der Waals surface area contributed by atoms with Crippen LogP contribution in [0.15, 0.2) is 12.2 Å². The van der Waals surface area contributed by atoms with Crippen LogP contribution in [0.3, 0.4) is 0 Å². The minimum Gasteiger partial charge on any atom is -0.455 e. The lowest BCUT2D eigenvalue weighted by molar-refractivity contribution is -0.157. The molecule has 2 unspecified atom stereocenters. The highest BCUT2D eigenvalue weighted by molar-refractivity contribution is 5.87. The molecule has 0 saturated heterocycles. The van der Waals surface area contributed by atoms with Gasteiger partial charge in [0.15, 0.2) is 0 Å². The van der Waals surface area contributed by atoms with Gasteiger partial charge in [-0.05, 0) is 33.6 Å². The molecule has 0 aromatic rings. The number of nitrogens with two attached hydrogens (primary N) is 1. The van der Waals surface area contributed by atoms with E-state index in [9.17, 15) is 9.59 Å². The van der Waals surface area contributed by atoms with Crippen molar-refractivity contribution in [3.8, 4) is 0 Å². The standard InChI is InChI=1S/C15H27NO4/c1-6-7-8-9-10-15(5,20-14(16)18)12(4)19-13(17)11(2)3/h12H,2,6-10H2,1,3-5H3,(H2,16,18). The van der Waals surface area contributed by atoms with E-state index in [4.69, 9.17) is 15.2 Å². The molecule has 0 aliphatic rings. The number of carbonyl (C=O) groups is 2. The molecular formula is C15H27NO4. The van der Waals surface area contributed by atoms with Crippen LogP contribution in [0.25, 0.3) is 0 Å². The summed E-state index contributed by atoms with van der Waals surface area (Å²) in [6.45, 7) is 10.7. The van der Waals surface area contributed by atoms with Gasteiger partial charge in [-0.25, -0.2) is 9.59 Å². The smallest absolute Gasteiger partial charge is 0.405 e. The Bertz CT molecular complexity index is 354. The Morgan fingerprint density at radius 1 is 1.30 bits per heavy atom. The summed E-state index contributed by atoms with van der Waals surface area (Å²) < 4.78 is 10.5. The summed E-state index contributed by atoms with van der Waals surface area (Å²) in [6, 6.07) is 0. The maximum atomic E-state index is 11.6. The fraction of sp³-hybridized carbons (Fsp3) is 0.733. The summed E-state index contributed by atoms with van der Waals surface area (Å²) in [7, 11) is 0. The number of esters is 1. The Morgan fingerprint density at radius 2 is 1.90 bits per heavy atom. The normalized spacial score (nSPS) is 15.0. The Hall–Kier alpha value is -1.52. The van der Waals surface area contributed by atoms with Crippen molar-refractivity contribution < 1.29 is 19.1 Å². The average Bonchev–Trinajstić information content (AvgIpc) is 2.33. The molecule has 0 fully saturated rings. The van der Waals surface area contributed by atoms with Crippen LogP contribution in [-0.2, 0) is 14.3 Å². The van der Waals surface area contributed by atoms with E-state index in [0.717, 1.165) is 25.7 Å². The van der Waals surface area contributed by atoms with Crippen LogP contribution in [0.5, 0.6) is 0 Å². The monoisotopic (exact) mass is 285 g/mol. The zero-order chi connectivity index (χ0) is 15.8. The summed E-state index contributed by atoms with van der Waals surface area (Å²) in [6.07, 6.45) is 3.31. The van der Waals surface area contributed by atoms with Crippen LogP contribution in [0, 0.1) is 0 Å². The van der Waals surface area contributed by atoms with Gasteiger partial charge < -0.3 is 15.2 Å². The highest BCUT2D eigenvalue weighted by Gasteiger charge is 2.37. The Kier molecular flexibility index (Phi) is 7.96. The molecule has 0 aliphatic heterocycles. The van der Waals surface area contributed by atoms with Gasteiger partial charge in [0.25, 0.3) is 0 Å². The van der Waals surface area contributed by atoms with Gasteiger partial charge in [-0.2, -0.15) is 0 Å². The first-order chi connectivity index (χ1) is 9.23. The summed E-state index contributed by atoms with van der Waals surface area (Å²) in [5.74, 6) is -0.495. The van der Waals surface area contributed by atoms with Crippen molar-refractivity contribution in [2.45, 2.75) is 71.5 Å². The van der Waals surface area contributed by atoms with Crippen LogP contribution >= 0.6 is 0 Å². The molecule has 0 aromatic heterocycles. The van der Waals surface area contributed by atoms with E-state index < -0.39 is 23.8 Å². The molecular weight excluding hydrogens is 258 g/mol. The number of ether oxygens (including phenoxy) is 2. The van der Waals surface area contributed by atoms with Gasteiger partial charge in [-0.1, -0.05) is 32.8 Å². The fourth-order valence-electron chi connectivity index (χ4n) is 1.86. The second-order valence-electron chi connectivity index (χ2n) is 5.37. The number of hydrogen-bond acceptors (Lipinski definition) is 4. The summed E-state index contributed by atoms with van der Waals surface area (Å²) in [4.78, 5) is 22.6. The highest BCUT2D eigenvalue weighted by Crippen LogP contribution is 2.26. The first kappa shape index (κ1) is 18.5. The van der Waals surface area contributed by atoms with Crippen LogP contribution in [0.2, 0.25) is 0 Å². The number of amides is 1. The average molecular weight is 285 g/mol. The summed E-state index contributed by atoms with van der Waals surface area (Å²) >= 11 is 0. The molecule has 1 amide bonds. The van der Waals surface area contributed by atoms with Gasteiger partial charge in [0.2, 0.25) is 0 Å². The van der Waals surface area contributed by atoms with Gasteiger partial charge in [0.05, 0.1) is 0 Å². The van der Waals surface area contributed by atoms with Crippen molar-refractivity contribution in [3.63, 3.8) is 0 Å². The quantitative estimate of drug-likeness (QED) is 0.400. The number of unbranched alkanes of at least 4 members (excludes halogenated alkanes) is 3. The highest BCUT2D eigenvalue weighted by atomic mass is 16.6. The van der Waals surface area contributed by atoms with Crippen molar-refractivity contribution in [2.24, 2.45) is 5.73 Å². The van der Waals surface area contributed by atoms with Crippen LogP contribution in [-0.4, -0.2) is 23.8 Å². The molecule has 20 heavy (non-hydrogen) atoms. The topological polar surface area (TPSA) is 78.6 Å². The molecule has 116 valence electrons. The van der Waals surface area contributed by atoms with Crippen molar-refractivity contribution >= 4 is 12.1 Å². The second kappa shape index (κ2) is 8.61. The third kappa shape index (κ3) is 6.59. The minimum atomic E-state index is -0.912. The molecule has 5 heteroatoms. The molecule has 5 nitrogen and oxygen atoms in total. The molecule has 0 spiro atoms. The van der Waals surface area contributed by atoms with Crippen molar-refractivity contribution in [2.75, 3.05) is 0 Å². The van der Waals surface area contributed by atoms with E-state index in [-0.39, 0.29) is 0 Å². The van der Waals surface area contributed by atoms with Gasteiger partial charge in [-0.15, -0.1) is 0 Å². The molecule has 2 atom stereocenters. The molecule has 2 N–H and O–H groups in total.